The van der Waals surface area contributed by atoms with Crippen LogP contribution in [0.25, 0.3) is 10.9 Å². The maximum atomic E-state index is 13.4. The molecule has 12 heteroatoms. The summed E-state index contributed by atoms with van der Waals surface area (Å²) in [6, 6.07) is 9.40. The fraction of sp³-hybridized carbons (Fsp3) is 0.333. The Morgan fingerprint density at radius 2 is 2.00 bits per heavy atom. The van der Waals surface area contributed by atoms with Crippen molar-refractivity contribution in [1.82, 2.24) is 24.6 Å². The Morgan fingerprint density at radius 1 is 1.13 bits per heavy atom. The maximum Gasteiger partial charge on any atom is 0.246 e. The van der Waals surface area contributed by atoms with Crippen molar-refractivity contribution in [2.45, 2.75) is 13.0 Å². The van der Waals surface area contributed by atoms with E-state index in [-0.39, 0.29) is 12.5 Å². The van der Waals surface area contributed by atoms with Gasteiger partial charge >= 0.3 is 0 Å². The monoisotopic (exact) mass is 535 g/mol. The molecule has 2 aromatic carbocycles. The fourth-order valence-electron chi connectivity index (χ4n) is 4.30. The molecular weight excluding hydrogens is 505 g/mol. The zero-order chi connectivity index (χ0) is 27.0. The Labute approximate surface area is 224 Å². The third-order valence-corrected chi connectivity index (χ3v) is 6.21. The molecule has 204 valence electrons. The highest BCUT2D eigenvalue weighted by Crippen LogP contribution is 2.34. The summed E-state index contributed by atoms with van der Waals surface area (Å²) < 4.78 is 31.9. The third-order valence-electron chi connectivity index (χ3n) is 6.21. The van der Waals surface area contributed by atoms with E-state index in [0.29, 0.717) is 40.8 Å². The number of rotatable bonds is 11. The van der Waals surface area contributed by atoms with Crippen LogP contribution in [-0.4, -0.2) is 77.1 Å². The van der Waals surface area contributed by atoms with Gasteiger partial charge < -0.3 is 24.8 Å². The number of carbonyl (C=O) groups excluding carboxylic acids is 1. The Morgan fingerprint density at radius 3 is 2.82 bits per heavy atom. The van der Waals surface area contributed by atoms with Gasteiger partial charge in [0.1, 0.15) is 24.5 Å². The van der Waals surface area contributed by atoms with Gasteiger partial charge in [0.2, 0.25) is 5.91 Å². The van der Waals surface area contributed by atoms with Crippen molar-refractivity contribution in [2.24, 2.45) is 0 Å². The highest BCUT2D eigenvalue weighted by molar-refractivity contribution is 5.93. The van der Waals surface area contributed by atoms with Crippen LogP contribution in [-0.2, 0) is 16.1 Å². The van der Waals surface area contributed by atoms with Gasteiger partial charge in [0, 0.05) is 43.0 Å². The lowest BCUT2D eigenvalue weighted by Crippen LogP contribution is -2.37. The Balaban J connectivity index is 1.24. The number of benzene rings is 2. The summed E-state index contributed by atoms with van der Waals surface area (Å²) in [5, 5.41) is 10.9. The number of halogens is 1. The van der Waals surface area contributed by atoms with Gasteiger partial charge in [0.15, 0.2) is 11.5 Å². The summed E-state index contributed by atoms with van der Waals surface area (Å²) in [5.74, 6) is 1.01. The largest absolute Gasteiger partial charge is 0.493 e. The molecule has 4 aromatic rings. The van der Waals surface area contributed by atoms with Crippen molar-refractivity contribution in [2.75, 3.05) is 57.2 Å². The first-order chi connectivity index (χ1) is 19.1. The molecule has 0 bridgehead atoms. The molecule has 2 aromatic heterocycles. The zero-order valence-corrected chi connectivity index (χ0v) is 21.6. The first-order valence-electron chi connectivity index (χ1n) is 12.7. The van der Waals surface area contributed by atoms with E-state index >= 15 is 0 Å². The molecule has 5 rings (SSSR count). The van der Waals surface area contributed by atoms with Gasteiger partial charge in [-0.3, -0.25) is 14.4 Å². The van der Waals surface area contributed by atoms with Crippen molar-refractivity contribution < 1.29 is 23.4 Å². The summed E-state index contributed by atoms with van der Waals surface area (Å²) in [6.07, 6.45) is 5.62. The van der Waals surface area contributed by atoms with E-state index < -0.39 is 5.82 Å². The number of carbonyl (C=O) groups is 1. The van der Waals surface area contributed by atoms with Crippen LogP contribution >= 0.6 is 0 Å². The second-order valence-electron chi connectivity index (χ2n) is 9.01. The standard InChI is InChI=1S/C27H30FN7O4/c1-37-24-14-23-22(13-25(24)39-9-3-6-34-7-10-38-11-8-34)27(30-18-29-23)33-21-15-31-35(16-21)17-26(36)32-20-5-2-4-19(28)12-20/h2,4-5,12-16,18H,3,6-11,17H2,1H3,(H,32,36)(H,29,30,33). The fourth-order valence-corrected chi connectivity index (χ4v) is 4.30. The van der Waals surface area contributed by atoms with Crippen LogP contribution in [0.4, 0.5) is 21.6 Å². The van der Waals surface area contributed by atoms with E-state index in [2.05, 4.69) is 30.6 Å². The van der Waals surface area contributed by atoms with Crippen molar-refractivity contribution in [3.05, 3.63) is 60.9 Å². The predicted octanol–water partition coefficient (Wildman–Crippen LogP) is 3.46. The van der Waals surface area contributed by atoms with E-state index in [1.165, 1.54) is 29.2 Å². The Bertz CT molecular complexity index is 1420. The Kier molecular flexibility index (Phi) is 8.44. The van der Waals surface area contributed by atoms with E-state index in [9.17, 15) is 9.18 Å². The first kappa shape index (κ1) is 26.3. The van der Waals surface area contributed by atoms with Crippen LogP contribution in [0, 0.1) is 5.82 Å². The summed E-state index contributed by atoms with van der Waals surface area (Å²) in [4.78, 5) is 23.5. The van der Waals surface area contributed by atoms with Gasteiger partial charge in [-0.05, 0) is 30.7 Å². The molecular formula is C27H30FN7O4. The lowest BCUT2D eigenvalue weighted by Gasteiger charge is -2.26. The van der Waals surface area contributed by atoms with Crippen LogP contribution in [0.15, 0.2) is 55.1 Å². The van der Waals surface area contributed by atoms with E-state index in [1.807, 2.05) is 12.1 Å². The molecule has 2 N–H and O–H groups in total. The van der Waals surface area contributed by atoms with Crippen LogP contribution < -0.4 is 20.1 Å². The highest BCUT2D eigenvalue weighted by Gasteiger charge is 2.14. The lowest BCUT2D eigenvalue weighted by atomic mass is 10.2. The van der Waals surface area contributed by atoms with Gasteiger partial charge in [0.25, 0.3) is 0 Å². The van der Waals surface area contributed by atoms with Crippen molar-refractivity contribution in [3.63, 3.8) is 0 Å². The summed E-state index contributed by atoms with van der Waals surface area (Å²) in [6.45, 7) is 4.88. The molecule has 39 heavy (non-hydrogen) atoms. The highest BCUT2D eigenvalue weighted by atomic mass is 19.1. The molecule has 1 fully saturated rings. The molecule has 1 aliphatic heterocycles. The molecule has 0 saturated carbocycles. The van der Waals surface area contributed by atoms with Crippen LogP contribution in [0.5, 0.6) is 11.5 Å². The molecule has 0 unspecified atom stereocenters. The molecule has 0 spiro atoms. The minimum absolute atomic E-state index is 0.0393. The molecule has 3 heterocycles. The van der Waals surface area contributed by atoms with Crippen molar-refractivity contribution in [3.8, 4) is 11.5 Å². The van der Waals surface area contributed by atoms with Crippen molar-refractivity contribution in [1.29, 1.82) is 0 Å². The molecule has 1 amide bonds. The van der Waals surface area contributed by atoms with E-state index in [4.69, 9.17) is 14.2 Å². The molecule has 0 aliphatic carbocycles. The summed E-state index contributed by atoms with van der Waals surface area (Å²) in [7, 11) is 1.60. The van der Waals surface area contributed by atoms with Gasteiger partial charge in [-0.2, -0.15) is 5.10 Å². The Hall–Kier alpha value is -4.29. The van der Waals surface area contributed by atoms with Crippen molar-refractivity contribution >= 4 is 34.0 Å². The van der Waals surface area contributed by atoms with Crippen LogP contribution in [0.1, 0.15) is 6.42 Å². The summed E-state index contributed by atoms with van der Waals surface area (Å²) >= 11 is 0. The summed E-state index contributed by atoms with van der Waals surface area (Å²) in [5.41, 5.74) is 1.71. The number of morpholine rings is 1. The van der Waals surface area contributed by atoms with E-state index in [0.717, 1.165) is 44.7 Å². The van der Waals surface area contributed by atoms with Gasteiger partial charge in [-0.1, -0.05) is 6.07 Å². The molecule has 1 saturated heterocycles. The topological polar surface area (TPSA) is 116 Å². The molecule has 0 radical (unpaired) electrons. The quantitative estimate of drug-likeness (QED) is 0.279. The van der Waals surface area contributed by atoms with Gasteiger partial charge in [-0.15, -0.1) is 0 Å². The second-order valence-corrected chi connectivity index (χ2v) is 9.01. The molecule has 11 nitrogen and oxygen atoms in total. The number of anilines is 3. The van der Waals surface area contributed by atoms with Crippen LogP contribution in [0.2, 0.25) is 0 Å². The van der Waals surface area contributed by atoms with Gasteiger partial charge in [-0.25, -0.2) is 14.4 Å². The smallest absolute Gasteiger partial charge is 0.246 e. The normalized spacial score (nSPS) is 13.8. The number of nitrogens with one attached hydrogen (secondary N) is 2. The molecule has 0 atom stereocenters. The lowest BCUT2D eigenvalue weighted by molar-refractivity contribution is -0.116. The number of hydrogen-bond acceptors (Lipinski definition) is 9. The average Bonchev–Trinajstić information content (AvgIpc) is 3.37. The maximum absolute atomic E-state index is 13.4. The average molecular weight is 536 g/mol. The van der Waals surface area contributed by atoms with E-state index in [1.54, 1.807) is 25.6 Å². The number of aromatic nitrogens is 4. The molecule has 1 aliphatic rings. The number of ether oxygens (including phenoxy) is 3. The number of amides is 1. The zero-order valence-electron chi connectivity index (χ0n) is 21.6. The SMILES string of the molecule is COc1cc2ncnc(Nc3cnn(CC(=O)Nc4cccc(F)c4)c3)c2cc1OCCCN1CCOCC1. The predicted molar refractivity (Wildman–Crippen MR) is 144 cm³/mol. The number of hydrogen-bond donors (Lipinski definition) is 2. The van der Waals surface area contributed by atoms with Gasteiger partial charge in [0.05, 0.1) is 44.3 Å². The minimum atomic E-state index is -0.422. The minimum Gasteiger partial charge on any atom is -0.493 e. The van der Waals surface area contributed by atoms with Crippen LogP contribution in [0.3, 0.4) is 0 Å². The third kappa shape index (κ3) is 6.98. The number of nitrogens with zero attached hydrogens (tertiary/aromatic N) is 5. The first-order valence-corrected chi connectivity index (χ1v) is 12.7. The second kappa shape index (κ2) is 12.5. The number of methoxy groups -OCH3 is 1. The number of fused-ring (bicyclic) bond motifs is 1.